The van der Waals surface area contributed by atoms with Crippen molar-refractivity contribution in [1.29, 1.82) is 0 Å². The maximum absolute atomic E-state index is 13.1. The van der Waals surface area contributed by atoms with Gasteiger partial charge in [0.25, 0.3) is 17.5 Å². The lowest BCUT2D eigenvalue weighted by Crippen LogP contribution is -2.54. The first-order chi connectivity index (χ1) is 18.0. The monoisotopic (exact) mass is 537 g/mol. The van der Waals surface area contributed by atoms with Gasteiger partial charge < -0.3 is 8.92 Å². The zero-order valence-electron chi connectivity index (χ0n) is 19.9. The van der Waals surface area contributed by atoms with Crippen molar-refractivity contribution in [3.8, 4) is 11.5 Å². The predicted molar refractivity (Wildman–Crippen MR) is 134 cm³/mol. The van der Waals surface area contributed by atoms with Gasteiger partial charge >= 0.3 is 16.1 Å². The highest BCUT2D eigenvalue weighted by Gasteiger charge is 2.37. The molecule has 3 aromatic rings. The van der Waals surface area contributed by atoms with Crippen molar-refractivity contribution < 1.29 is 36.6 Å². The van der Waals surface area contributed by atoms with E-state index in [1.54, 1.807) is 24.3 Å². The summed E-state index contributed by atoms with van der Waals surface area (Å²) >= 11 is 0. The Balaban J connectivity index is 1.67. The van der Waals surface area contributed by atoms with Gasteiger partial charge in [0, 0.05) is 6.07 Å². The maximum atomic E-state index is 13.1. The number of ether oxygens (including phenoxy) is 1. The molecule has 0 atom stereocenters. The number of urea groups is 1. The minimum atomic E-state index is -4.63. The van der Waals surface area contributed by atoms with Crippen LogP contribution in [0.15, 0.2) is 77.2 Å². The highest BCUT2D eigenvalue weighted by Crippen LogP contribution is 2.34. The molecule has 0 radical (unpaired) electrons. The Labute approximate surface area is 216 Å². The number of methoxy groups -OCH3 is 1. The molecule has 13 heteroatoms. The van der Waals surface area contributed by atoms with E-state index in [0.717, 1.165) is 22.6 Å². The largest absolute Gasteiger partial charge is 0.493 e. The van der Waals surface area contributed by atoms with E-state index in [1.807, 2.05) is 6.92 Å². The zero-order valence-corrected chi connectivity index (χ0v) is 20.7. The third kappa shape index (κ3) is 5.08. The minimum absolute atomic E-state index is 0.100. The number of nitro groups is 1. The standard InChI is InChI=1S/C25H19N3O9S/c1-15-7-10-17(11-8-15)27-24(30)18(23(29)26-25(27)31)13-16-9-12-20(21(14-16)36-2)37-38(34,35)22-6-4-3-5-19(22)28(32)33/h3-14H,1-2H3,(H,26,29,31)/b18-13-. The van der Waals surface area contributed by atoms with Crippen molar-refractivity contribution in [2.45, 2.75) is 11.8 Å². The molecular weight excluding hydrogens is 518 g/mol. The van der Waals surface area contributed by atoms with Crippen LogP contribution >= 0.6 is 0 Å². The molecule has 1 heterocycles. The topological polar surface area (TPSA) is 162 Å². The molecule has 38 heavy (non-hydrogen) atoms. The number of nitrogens with zero attached hydrogens (tertiary/aromatic N) is 2. The van der Waals surface area contributed by atoms with Gasteiger partial charge in [0.05, 0.1) is 17.7 Å². The fraction of sp³-hybridized carbons (Fsp3) is 0.0800. The van der Waals surface area contributed by atoms with Crippen LogP contribution in [0.3, 0.4) is 0 Å². The average molecular weight is 538 g/mol. The summed E-state index contributed by atoms with van der Waals surface area (Å²) in [6.45, 7) is 1.84. The van der Waals surface area contributed by atoms with E-state index in [1.165, 1.54) is 43.5 Å². The summed E-state index contributed by atoms with van der Waals surface area (Å²) in [5.74, 6) is -2.16. The minimum Gasteiger partial charge on any atom is -0.493 e. The molecule has 0 aliphatic carbocycles. The lowest BCUT2D eigenvalue weighted by Gasteiger charge is -2.26. The second-order valence-electron chi connectivity index (χ2n) is 7.97. The molecule has 1 aliphatic heterocycles. The number of carbonyl (C=O) groups is 3. The van der Waals surface area contributed by atoms with Crippen molar-refractivity contribution in [2.24, 2.45) is 0 Å². The smallest absolute Gasteiger partial charge is 0.346 e. The van der Waals surface area contributed by atoms with Gasteiger partial charge in [-0.25, -0.2) is 9.69 Å². The normalized spacial score (nSPS) is 14.8. The van der Waals surface area contributed by atoms with Crippen LogP contribution in [0.1, 0.15) is 11.1 Å². The van der Waals surface area contributed by atoms with E-state index in [0.29, 0.717) is 0 Å². The summed E-state index contributed by atoms with van der Waals surface area (Å²) in [6.07, 6.45) is 1.20. The number of anilines is 1. The molecule has 0 saturated carbocycles. The second kappa shape index (κ2) is 10.1. The van der Waals surface area contributed by atoms with Crippen molar-refractivity contribution in [3.63, 3.8) is 0 Å². The maximum Gasteiger partial charge on any atom is 0.346 e. The first-order valence-corrected chi connectivity index (χ1v) is 12.3. The Hall–Kier alpha value is -5.04. The number of barbiturate groups is 1. The van der Waals surface area contributed by atoms with Crippen LogP contribution in [0.5, 0.6) is 11.5 Å². The van der Waals surface area contributed by atoms with Gasteiger partial charge in [-0.1, -0.05) is 35.9 Å². The molecule has 12 nitrogen and oxygen atoms in total. The third-order valence-corrected chi connectivity index (χ3v) is 6.71. The first-order valence-electron chi connectivity index (χ1n) is 10.9. The van der Waals surface area contributed by atoms with Crippen molar-refractivity contribution in [2.75, 3.05) is 12.0 Å². The van der Waals surface area contributed by atoms with Crippen LogP contribution in [0.25, 0.3) is 6.08 Å². The number of aryl methyl sites for hydroxylation is 1. The van der Waals surface area contributed by atoms with E-state index in [-0.39, 0.29) is 28.3 Å². The first kappa shape index (κ1) is 26.0. The molecule has 1 aliphatic rings. The number of amides is 4. The average Bonchev–Trinajstić information content (AvgIpc) is 2.88. The van der Waals surface area contributed by atoms with Crippen LogP contribution < -0.4 is 19.1 Å². The molecule has 4 rings (SSSR count). The number of benzene rings is 3. The summed E-state index contributed by atoms with van der Waals surface area (Å²) in [5.41, 5.74) is 0.395. The van der Waals surface area contributed by atoms with E-state index >= 15 is 0 Å². The Morgan fingerprint density at radius 3 is 2.32 bits per heavy atom. The number of nitrogens with one attached hydrogen (secondary N) is 1. The number of hydrogen-bond acceptors (Lipinski definition) is 9. The van der Waals surface area contributed by atoms with Crippen LogP contribution in [0.4, 0.5) is 16.2 Å². The number of imide groups is 2. The number of hydrogen-bond donors (Lipinski definition) is 1. The Morgan fingerprint density at radius 1 is 0.974 bits per heavy atom. The molecule has 194 valence electrons. The van der Waals surface area contributed by atoms with Gasteiger partial charge in [0.1, 0.15) is 5.57 Å². The van der Waals surface area contributed by atoms with Crippen molar-refractivity contribution >= 4 is 45.4 Å². The SMILES string of the molecule is COc1cc(/C=C2/C(=O)NC(=O)N(c3ccc(C)cc3)C2=O)ccc1OS(=O)(=O)c1ccccc1[N+](=O)[O-]. The van der Waals surface area contributed by atoms with Crippen LogP contribution in [-0.2, 0) is 19.7 Å². The zero-order chi connectivity index (χ0) is 27.6. The van der Waals surface area contributed by atoms with E-state index in [9.17, 15) is 32.9 Å². The molecule has 1 N–H and O–H groups in total. The summed E-state index contributed by atoms with van der Waals surface area (Å²) in [5, 5.41) is 13.4. The molecule has 0 unspecified atom stereocenters. The second-order valence-corrected chi connectivity index (χ2v) is 9.48. The molecule has 1 saturated heterocycles. The molecular formula is C25H19N3O9S. The number of para-hydroxylation sites is 1. The Morgan fingerprint density at radius 2 is 1.66 bits per heavy atom. The summed E-state index contributed by atoms with van der Waals surface area (Å²) in [6, 6.07) is 14.2. The highest BCUT2D eigenvalue weighted by atomic mass is 32.2. The number of carbonyl (C=O) groups excluding carboxylic acids is 3. The Bertz CT molecular complexity index is 1610. The van der Waals surface area contributed by atoms with E-state index < -0.39 is 43.5 Å². The van der Waals surface area contributed by atoms with E-state index in [4.69, 9.17) is 8.92 Å². The van der Waals surface area contributed by atoms with Gasteiger partial charge in [0.2, 0.25) is 0 Å². The van der Waals surface area contributed by atoms with Crippen LogP contribution in [0.2, 0.25) is 0 Å². The quantitative estimate of drug-likeness (QED) is 0.157. The fourth-order valence-corrected chi connectivity index (χ4v) is 4.69. The van der Waals surface area contributed by atoms with Gasteiger partial charge in [-0.3, -0.25) is 25.0 Å². The molecule has 1 fully saturated rings. The lowest BCUT2D eigenvalue weighted by atomic mass is 10.1. The molecule has 0 bridgehead atoms. The van der Waals surface area contributed by atoms with Gasteiger partial charge in [-0.05, 0) is 48.9 Å². The molecule has 0 spiro atoms. The molecule has 3 aromatic carbocycles. The Kier molecular flexibility index (Phi) is 6.95. The highest BCUT2D eigenvalue weighted by molar-refractivity contribution is 7.87. The summed E-state index contributed by atoms with van der Waals surface area (Å²) in [7, 11) is -3.40. The number of rotatable bonds is 7. The van der Waals surface area contributed by atoms with Crippen molar-refractivity contribution in [1.82, 2.24) is 5.32 Å². The van der Waals surface area contributed by atoms with Gasteiger partial charge in [0.15, 0.2) is 16.4 Å². The van der Waals surface area contributed by atoms with E-state index in [2.05, 4.69) is 5.32 Å². The fourth-order valence-electron chi connectivity index (χ4n) is 3.58. The third-order valence-electron chi connectivity index (χ3n) is 5.42. The van der Waals surface area contributed by atoms with Crippen LogP contribution in [0, 0.1) is 17.0 Å². The van der Waals surface area contributed by atoms with Crippen molar-refractivity contribution in [3.05, 3.63) is 93.5 Å². The summed E-state index contributed by atoms with van der Waals surface area (Å²) in [4.78, 5) is 48.5. The van der Waals surface area contributed by atoms with Crippen LogP contribution in [-0.4, -0.2) is 38.3 Å². The summed E-state index contributed by atoms with van der Waals surface area (Å²) < 4.78 is 35.9. The molecule has 0 aromatic heterocycles. The molecule has 4 amide bonds. The van der Waals surface area contributed by atoms with Gasteiger partial charge in [-0.2, -0.15) is 8.42 Å². The predicted octanol–water partition coefficient (Wildman–Crippen LogP) is 3.35. The lowest BCUT2D eigenvalue weighted by molar-refractivity contribution is -0.387. The van der Waals surface area contributed by atoms with Gasteiger partial charge in [-0.15, -0.1) is 0 Å². The number of nitro benzene ring substituents is 1.